The minimum Gasteiger partial charge on any atom is -0.508 e. The molecule has 0 radical (unpaired) electrons. The molecule has 46 heavy (non-hydrogen) atoms. The summed E-state index contributed by atoms with van der Waals surface area (Å²) >= 11 is 0. The molecule has 2 aromatic rings. The molecule has 0 aromatic heterocycles. The van der Waals surface area contributed by atoms with E-state index in [1.807, 2.05) is 75.7 Å². The van der Waals surface area contributed by atoms with Crippen LogP contribution in [0.3, 0.4) is 0 Å². The third-order valence-corrected chi connectivity index (χ3v) is 8.15. The maximum atomic E-state index is 11.9. The van der Waals surface area contributed by atoms with Crippen LogP contribution in [0.4, 0.5) is 0 Å². The van der Waals surface area contributed by atoms with Gasteiger partial charge in [0.2, 0.25) is 12.3 Å². The highest BCUT2D eigenvalue weighted by atomic mass is 16.3. The lowest BCUT2D eigenvalue weighted by molar-refractivity contribution is -0.123. The summed E-state index contributed by atoms with van der Waals surface area (Å²) in [4.78, 5) is 30.5. The van der Waals surface area contributed by atoms with Gasteiger partial charge in [-0.15, -0.1) is 0 Å². The Labute approximate surface area is 274 Å². The number of β-amino-alcohol motifs (C(OH)–C–C–N with tert-alkyl or cyclic N) is 1. The number of amides is 2. The van der Waals surface area contributed by atoms with Gasteiger partial charge in [0, 0.05) is 63.1 Å². The number of allylic oxidation sites excluding steroid dienone is 2. The highest BCUT2D eigenvalue weighted by Gasteiger charge is 2.24. The van der Waals surface area contributed by atoms with E-state index in [-0.39, 0.29) is 17.4 Å². The minimum atomic E-state index is -0.550. The number of piperazine rings is 1. The number of carbonyl (C=O) groups excluding carboxylic acids is 2. The van der Waals surface area contributed by atoms with E-state index >= 15 is 0 Å². The zero-order valence-electron chi connectivity index (χ0n) is 27.8. The Hall–Kier alpha value is -3.79. The second-order valence-corrected chi connectivity index (χ2v) is 13.3. The molecule has 9 heteroatoms. The lowest BCUT2D eigenvalue weighted by atomic mass is 9.93. The lowest BCUT2D eigenvalue weighted by Gasteiger charge is -2.36. The van der Waals surface area contributed by atoms with Crippen LogP contribution in [0.15, 0.2) is 77.4 Å². The number of benzene rings is 2. The Morgan fingerprint density at radius 2 is 1.74 bits per heavy atom. The van der Waals surface area contributed by atoms with Gasteiger partial charge in [-0.2, -0.15) is 0 Å². The lowest BCUT2D eigenvalue weighted by Crippen LogP contribution is -2.49. The molecule has 2 aromatic carbocycles. The number of hydrogen-bond donors (Lipinski definition) is 4. The molecule has 9 nitrogen and oxygen atoms in total. The maximum Gasteiger partial charge on any atom is 0.220 e. The molecule has 0 saturated carbocycles. The van der Waals surface area contributed by atoms with Crippen molar-refractivity contribution in [2.45, 2.75) is 70.9 Å². The van der Waals surface area contributed by atoms with Crippen molar-refractivity contribution in [3.8, 4) is 5.75 Å². The predicted molar refractivity (Wildman–Crippen MR) is 186 cm³/mol. The molecule has 3 aliphatic rings. The molecule has 250 valence electrons. The SMILES string of the molecule is CC(C)(C)NC=O.NC(=O)[C@H](Cc1ccccc1)C[C@H](O)CN1CCN(CC2=CCC=CN=C2)CC1.Oc1ccc2c(c1)CCC2. The Kier molecular flexibility index (Phi) is 15.2. The van der Waals surface area contributed by atoms with Gasteiger partial charge in [0.05, 0.1) is 6.10 Å². The summed E-state index contributed by atoms with van der Waals surface area (Å²) in [5.74, 6) is -0.282. The van der Waals surface area contributed by atoms with E-state index in [2.05, 4.69) is 32.3 Å². The van der Waals surface area contributed by atoms with Gasteiger partial charge in [0.25, 0.3) is 0 Å². The van der Waals surface area contributed by atoms with Crippen LogP contribution in [0.1, 0.15) is 56.7 Å². The number of nitrogens with one attached hydrogen (secondary N) is 1. The highest BCUT2D eigenvalue weighted by Crippen LogP contribution is 2.25. The first-order valence-electron chi connectivity index (χ1n) is 16.4. The molecule has 5 N–H and O–H groups in total. The van der Waals surface area contributed by atoms with Crippen molar-refractivity contribution in [2.75, 3.05) is 39.3 Å². The number of aromatic hydroxyl groups is 1. The molecule has 0 unspecified atom stereocenters. The number of phenols is 1. The van der Waals surface area contributed by atoms with Crippen molar-refractivity contribution in [3.05, 3.63) is 89.1 Å². The van der Waals surface area contributed by atoms with Gasteiger partial charge < -0.3 is 21.3 Å². The second-order valence-electron chi connectivity index (χ2n) is 13.3. The Morgan fingerprint density at radius 3 is 2.39 bits per heavy atom. The molecule has 2 amide bonds. The Bertz CT molecular complexity index is 1310. The monoisotopic (exact) mass is 631 g/mol. The second kappa shape index (κ2) is 19.0. The van der Waals surface area contributed by atoms with Crippen LogP contribution in [0, 0.1) is 5.92 Å². The normalized spacial score (nSPS) is 17.6. The molecular weight excluding hydrogens is 578 g/mol. The van der Waals surface area contributed by atoms with Gasteiger partial charge >= 0.3 is 0 Å². The van der Waals surface area contributed by atoms with Crippen molar-refractivity contribution >= 4 is 18.5 Å². The number of hydrogen-bond acceptors (Lipinski definition) is 7. The van der Waals surface area contributed by atoms with E-state index < -0.39 is 6.10 Å². The fraction of sp³-hybridized carbons (Fsp3) is 0.486. The number of aliphatic imine (C=N–C) groups is 1. The van der Waals surface area contributed by atoms with E-state index in [0.29, 0.717) is 31.5 Å². The number of aliphatic hydroxyl groups excluding tert-OH is 1. The van der Waals surface area contributed by atoms with E-state index in [1.165, 1.54) is 29.5 Å². The molecule has 2 atom stereocenters. The first-order valence-corrected chi connectivity index (χ1v) is 16.4. The predicted octanol–water partition coefficient (Wildman–Crippen LogP) is 4.03. The number of nitrogens with zero attached hydrogens (tertiary/aromatic N) is 3. The van der Waals surface area contributed by atoms with Crippen LogP contribution in [0.2, 0.25) is 0 Å². The van der Waals surface area contributed by atoms with Crippen molar-refractivity contribution in [1.82, 2.24) is 15.1 Å². The molecule has 0 spiro atoms. The number of rotatable bonds is 10. The van der Waals surface area contributed by atoms with Crippen LogP contribution < -0.4 is 11.1 Å². The maximum absolute atomic E-state index is 11.9. The van der Waals surface area contributed by atoms with Crippen molar-refractivity contribution < 1.29 is 19.8 Å². The third-order valence-electron chi connectivity index (χ3n) is 8.15. The summed E-state index contributed by atoms with van der Waals surface area (Å²) in [6.07, 6.45) is 13.7. The standard InChI is InChI=1S/C23H32N4O2.C9H10O.C5H11NO/c24-23(29)21(14-19-6-2-1-3-7-19)15-22(28)18-27-12-10-26(11-13-27)17-20-8-4-5-9-25-16-20;10-9-5-4-7-2-1-3-8(7)6-9;1-5(2,3)6-4-7/h1-3,5-9,16,21-22,28H,4,10-15,17-18H2,(H2,24,29);4-6,10H,1-3H2;4H,1-3H3,(H,6,7)/t21-,22+;;/m1../s1. The van der Waals surface area contributed by atoms with Gasteiger partial charge in [-0.3, -0.25) is 24.4 Å². The molecule has 5 rings (SSSR count). The van der Waals surface area contributed by atoms with Gasteiger partial charge in [-0.05, 0) is 93.7 Å². The van der Waals surface area contributed by atoms with Crippen molar-refractivity contribution in [3.63, 3.8) is 0 Å². The first kappa shape index (κ1) is 36.7. The fourth-order valence-corrected chi connectivity index (χ4v) is 5.66. The Balaban J connectivity index is 0.000000274. The topological polar surface area (TPSA) is 131 Å². The largest absolute Gasteiger partial charge is 0.508 e. The van der Waals surface area contributed by atoms with Gasteiger partial charge in [-0.25, -0.2) is 0 Å². The molecule has 1 aliphatic carbocycles. The summed E-state index contributed by atoms with van der Waals surface area (Å²) in [5.41, 5.74) is 10.6. The van der Waals surface area contributed by atoms with E-state index in [9.17, 15) is 14.7 Å². The molecule has 1 saturated heterocycles. The molecule has 1 fully saturated rings. The molecule has 2 heterocycles. The number of carbonyl (C=O) groups is 2. The van der Waals surface area contributed by atoms with Gasteiger partial charge in [0.15, 0.2) is 0 Å². The van der Waals surface area contributed by atoms with E-state index in [1.54, 1.807) is 6.07 Å². The van der Waals surface area contributed by atoms with Crippen LogP contribution >= 0.6 is 0 Å². The smallest absolute Gasteiger partial charge is 0.220 e. The number of phenolic OH excluding ortho intramolecular Hbond substituents is 1. The zero-order valence-corrected chi connectivity index (χ0v) is 27.8. The van der Waals surface area contributed by atoms with Crippen molar-refractivity contribution in [1.29, 1.82) is 0 Å². The highest BCUT2D eigenvalue weighted by molar-refractivity contribution is 5.80. The minimum absolute atomic E-state index is 0.0677. The average Bonchev–Trinajstić information content (AvgIpc) is 3.32. The summed E-state index contributed by atoms with van der Waals surface area (Å²) < 4.78 is 0. The van der Waals surface area contributed by atoms with Crippen LogP contribution in [-0.4, -0.2) is 89.5 Å². The van der Waals surface area contributed by atoms with Crippen LogP contribution in [-0.2, 0) is 28.9 Å². The van der Waals surface area contributed by atoms with Gasteiger partial charge in [-0.1, -0.05) is 48.6 Å². The number of primary amides is 1. The third kappa shape index (κ3) is 14.1. The number of nitrogens with two attached hydrogens (primary N) is 1. The van der Waals surface area contributed by atoms with E-state index in [4.69, 9.17) is 10.8 Å². The summed E-state index contributed by atoms with van der Waals surface area (Å²) in [6, 6.07) is 15.5. The number of aliphatic hydroxyl groups is 1. The molecular formula is C37H53N5O4. The zero-order chi connectivity index (χ0) is 33.4. The average molecular weight is 632 g/mol. The number of aryl methyl sites for hydroxylation is 2. The number of fused-ring (bicyclic) bond motifs is 1. The Morgan fingerprint density at radius 1 is 1.04 bits per heavy atom. The molecule has 2 aliphatic heterocycles. The quantitative estimate of drug-likeness (QED) is 0.293. The van der Waals surface area contributed by atoms with Crippen LogP contribution in [0.25, 0.3) is 0 Å². The summed E-state index contributed by atoms with van der Waals surface area (Å²) in [6.45, 7) is 11.1. The van der Waals surface area contributed by atoms with Gasteiger partial charge in [0.1, 0.15) is 5.75 Å². The van der Waals surface area contributed by atoms with Crippen LogP contribution in [0.5, 0.6) is 5.75 Å². The fourth-order valence-electron chi connectivity index (χ4n) is 5.66. The molecule has 0 bridgehead atoms. The summed E-state index contributed by atoms with van der Waals surface area (Å²) in [5, 5.41) is 22.3. The van der Waals surface area contributed by atoms with Crippen molar-refractivity contribution in [2.24, 2.45) is 16.6 Å². The van der Waals surface area contributed by atoms with E-state index in [0.717, 1.165) is 51.1 Å². The first-order chi connectivity index (χ1) is 22.0. The summed E-state index contributed by atoms with van der Waals surface area (Å²) in [7, 11) is 0.